The molecule has 0 spiro atoms. The molecule has 2 bridgehead atoms. The van der Waals surface area contributed by atoms with Crippen LogP contribution in [0, 0.1) is 17.3 Å². The highest BCUT2D eigenvalue weighted by molar-refractivity contribution is 7.80. The van der Waals surface area contributed by atoms with Crippen molar-refractivity contribution in [1.82, 2.24) is 10.7 Å². The maximum Gasteiger partial charge on any atom is 0.187 e. The molecular formula is C14H23N3OS. The summed E-state index contributed by atoms with van der Waals surface area (Å²) in [5.74, 6) is 1.52. The van der Waals surface area contributed by atoms with Crippen molar-refractivity contribution in [1.29, 1.82) is 0 Å². The van der Waals surface area contributed by atoms with Crippen LogP contribution in [-0.2, 0) is 4.74 Å². The molecule has 0 amide bonds. The second kappa shape index (κ2) is 6.01. The number of hydrazone groups is 1. The summed E-state index contributed by atoms with van der Waals surface area (Å²) in [7, 11) is 1.67. The highest BCUT2D eigenvalue weighted by atomic mass is 32.1. The van der Waals surface area contributed by atoms with E-state index in [1.54, 1.807) is 7.11 Å². The van der Waals surface area contributed by atoms with Crippen LogP contribution in [-0.4, -0.2) is 31.6 Å². The summed E-state index contributed by atoms with van der Waals surface area (Å²) in [5.41, 5.74) is 4.63. The van der Waals surface area contributed by atoms with Gasteiger partial charge in [-0.05, 0) is 47.9 Å². The van der Waals surface area contributed by atoms with Crippen molar-refractivity contribution < 1.29 is 4.74 Å². The third-order valence-corrected chi connectivity index (χ3v) is 4.72. The van der Waals surface area contributed by atoms with Crippen LogP contribution in [0.5, 0.6) is 0 Å². The van der Waals surface area contributed by atoms with Gasteiger partial charge in [-0.15, -0.1) is 0 Å². The number of nitrogens with one attached hydrogen (secondary N) is 2. The fraction of sp³-hybridized carbons (Fsp3) is 0.714. The van der Waals surface area contributed by atoms with Crippen LogP contribution in [0.3, 0.4) is 0 Å². The van der Waals surface area contributed by atoms with Crippen molar-refractivity contribution in [2.24, 2.45) is 22.4 Å². The molecule has 2 N–H and O–H groups in total. The predicted molar refractivity (Wildman–Crippen MR) is 82.2 cm³/mol. The average molecular weight is 281 g/mol. The Balaban J connectivity index is 1.77. The second-order valence-corrected chi connectivity index (χ2v) is 6.27. The van der Waals surface area contributed by atoms with Crippen LogP contribution in [0.1, 0.15) is 26.7 Å². The number of ether oxygens (including phenoxy) is 1. The first-order chi connectivity index (χ1) is 9.05. The minimum absolute atomic E-state index is 0.438. The Morgan fingerprint density at radius 3 is 3.05 bits per heavy atom. The van der Waals surface area contributed by atoms with Gasteiger partial charge in [0.2, 0.25) is 0 Å². The molecule has 19 heavy (non-hydrogen) atoms. The third-order valence-electron chi connectivity index (χ3n) is 4.48. The van der Waals surface area contributed by atoms with Gasteiger partial charge in [-0.1, -0.05) is 19.9 Å². The van der Waals surface area contributed by atoms with Gasteiger partial charge in [0, 0.05) is 13.7 Å². The lowest BCUT2D eigenvalue weighted by Gasteiger charge is -2.55. The summed E-state index contributed by atoms with van der Waals surface area (Å²) in [6, 6.07) is 0. The van der Waals surface area contributed by atoms with Crippen LogP contribution in [0.15, 0.2) is 16.8 Å². The van der Waals surface area contributed by atoms with Crippen LogP contribution < -0.4 is 10.7 Å². The van der Waals surface area contributed by atoms with Crippen molar-refractivity contribution in [3.63, 3.8) is 0 Å². The van der Waals surface area contributed by atoms with Gasteiger partial charge in [0.15, 0.2) is 5.11 Å². The molecule has 0 aromatic rings. The molecule has 0 radical (unpaired) electrons. The van der Waals surface area contributed by atoms with E-state index in [1.807, 2.05) is 6.21 Å². The first-order valence-electron chi connectivity index (χ1n) is 6.81. The number of nitrogens with zero attached hydrogens (tertiary/aromatic N) is 1. The monoisotopic (exact) mass is 281 g/mol. The second-order valence-electron chi connectivity index (χ2n) is 5.87. The molecule has 0 aromatic heterocycles. The van der Waals surface area contributed by atoms with E-state index in [0.29, 0.717) is 29.6 Å². The van der Waals surface area contributed by atoms with Crippen LogP contribution in [0.2, 0.25) is 0 Å². The van der Waals surface area contributed by atoms with Gasteiger partial charge in [0.25, 0.3) is 0 Å². The molecule has 0 saturated heterocycles. The Morgan fingerprint density at radius 2 is 2.42 bits per heavy atom. The van der Waals surface area contributed by atoms with Crippen molar-refractivity contribution in [3.8, 4) is 0 Å². The van der Waals surface area contributed by atoms with Gasteiger partial charge in [0.05, 0.1) is 12.8 Å². The summed E-state index contributed by atoms with van der Waals surface area (Å²) >= 11 is 5.11. The number of methoxy groups -OCH3 is 1. The zero-order valence-corrected chi connectivity index (χ0v) is 12.7. The summed E-state index contributed by atoms with van der Waals surface area (Å²) in [6.45, 7) is 6.04. The van der Waals surface area contributed by atoms with Gasteiger partial charge in [-0.2, -0.15) is 5.10 Å². The number of thiocarbonyl (C=S) groups is 1. The minimum Gasteiger partial charge on any atom is -0.383 e. The Labute approximate surface area is 120 Å². The maximum atomic E-state index is 5.11. The van der Waals surface area contributed by atoms with E-state index in [2.05, 4.69) is 35.8 Å². The standard InChI is InChI=1S/C14H23N3OS/c1-14(2)11-5-4-10(12(14)8-11)9-16-17-13(19)15-6-7-18-3/h4,9,11-12H,5-8H2,1-3H3,(H2,15,17,19). The zero-order chi connectivity index (χ0) is 13.9. The lowest BCUT2D eigenvalue weighted by molar-refractivity contribution is -0.00126. The fourth-order valence-electron chi connectivity index (χ4n) is 3.02. The van der Waals surface area contributed by atoms with Crippen molar-refractivity contribution in [2.45, 2.75) is 26.7 Å². The van der Waals surface area contributed by atoms with Crippen LogP contribution >= 0.6 is 12.2 Å². The molecule has 0 heterocycles. The smallest absolute Gasteiger partial charge is 0.187 e. The zero-order valence-electron chi connectivity index (χ0n) is 11.9. The van der Waals surface area contributed by atoms with Crippen LogP contribution in [0.25, 0.3) is 0 Å². The van der Waals surface area contributed by atoms with E-state index in [0.717, 1.165) is 5.92 Å². The highest BCUT2D eigenvalue weighted by Crippen LogP contribution is 2.58. The van der Waals surface area contributed by atoms with Crippen LogP contribution in [0.4, 0.5) is 0 Å². The number of hydrogen-bond donors (Lipinski definition) is 2. The quantitative estimate of drug-likeness (QED) is 0.350. The van der Waals surface area contributed by atoms with E-state index >= 15 is 0 Å². The highest BCUT2D eigenvalue weighted by Gasteiger charge is 2.50. The molecule has 1 fully saturated rings. The number of fused-ring (bicyclic) bond motifs is 1. The SMILES string of the molecule is COCCNC(=S)NN=CC1=CCC2CC1C2(C)C. The topological polar surface area (TPSA) is 45.6 Å². The Morgan fingerprint density at radius 1 is 1.63 bits per heavy atom. The maximum absolute atomic E-state index is 5.11. The first kappa shape index (κ1) is 14.5. The molecule has 3 aliphatic carbocycles. The number of hydrogen-bond acceptors (Lipinski definition) is 3. The van der Waals surface area contributed by atoms with Gasteiger partial charge < -0.3 is 10.1 Å². The van der Waals surface area contributed by atoms with E-state index in [1.165, 1.54) is 18.4 Å². The summed E-state index contributed by atoms with van der Waals surface area (Å²) in [5, 5.41) is 7.78. The van der Waals surface area contributed by atoms with Crippen molar-refractivity contribution in [2.75, 3.05) is 20.3 Å². The molecule has 4 nitrogen and oxygen atoms in total. The van der Waals surface area contributed by atoms with Gasteiger partial charge >= 0.3 is 0 Å². The van der Waals surface area contributed by atoms with Gasteiger partial charge in [-0.25, -0.2) is 0 Å². The Bertz CT molecular complexity index is 403. The van der Waals surface area contributed by atoms with Gasteiger partial charge in [0.1, 0.15) is 0 Å². The summed E-state index contributed by atoms with van der Waals surface area (Å²) < 4.78 is 4.94. The molecule has 3 rings (SSSR count). The van der Waals surface area contributed by atoms with Crippen molar-refractivity contribution in [3.05, 3.63) is 11.6 Å². The molecule has 2 unspecified atom stereocenters. The molecule has 0 aromatic carbocycles. The molecule has 3 aliphatic rings. The Kier molecular flexibility index (Phi) is 4.58. The third kappa shape index (κ3) is 3.15. The lowest BCUT2D eigenvalue weighted by Crippen LogP contribution is -2.48. The number of allylic oxidation sites excluding steroid dienone is 2. The molecule has 1 saturated carbocycles. The normalized spacial score (nSPS) is 27.6. The molecule has 2 atom stereocenters. The largest absolute Gasteiger partial charge is 0.383 e. The fourth-order valence-corrected chi connectivity index (χ4v) is 3.17. The Hall–Kier alpha value is -0.940. The number of rotatable bonds is 5. The average Bonchev–Trinajstić information content (AvgIpc) is 2.39. The van der Waals surface area contributed by atoms with Gasteiger partial charge in [-0.3, -0.25) is 5.43 Å². The summed E-state index contributed by atoms with van der Waals surface area (Å²) in [6.07, 6.45) is 6.73. The van der Waals surface area contributed by atoms with E-state index in [9.17, 15) is 0 Å². The molecule has 0 aliphatic heterocycles. The molecular weight excluding hydrogens is 258 g/mol. The van der Waals surface area contributed by atoms with E-state index in [4.69, 9.17) is 17.0 Å². The minimum atomic E-state index is 0.438. The molecule has 106 valence electrons. The predicted octanol–water partition coefficient (Wildman–Crippen LogP) is 2.08. The lowest BCUT2D eigenvalue weighted by atomic mass is 9.49. The van der Waals surface area contributed by atoms with E-state index < -0.39 is 0 Å². The first-order valence-corrected chi connectivity index (χ1v) is 7.22. The van der Waals surface area contributed by atoms with Crippen molar-refractivity contribution >= 4 is 23.5 Å². The summed E-state index contributed by atoms with van der Waals surface area (Å²) in [4.78, 5) is 0. The van der Waals surface area contributed by atoms with E-state index in [-0.39, 0.29) is 0 Å². The molecule has 5 heteroatoms.